The minimum Gasteiger partial charge on any atom is -0.490 e. The Labute approximate surface area is 237 Å². The van der Waals surface area contributed by atoms with Crippen LogP contribution in [-0.4, -0.2) is 25.8 Å². The summed E-state index contributed by atoms with van der Waals surface area (Å²) >= 11 is 6.00. The second kappa shape index (κ2) is 12.4. The fraction of sp³-hybridized carbons (Fsp3) is 0.241. The first-order valence-electron chi connectivity index (χ1n) is 12.5. The topological polar surface area (TPSA) is 93.4 Å². The van der Waals surface area contributed by atoms with E-state index >= 15 is 0 Å². The third kappa shape index (κ3) is 6.51. The summed E-state index contributed by atoms with van der Waals surface area (Å²) in [7, 11) is 0. The van der Waals surface area contributed by atoms with Crippen molar-refractivity contribution in [2.75, 3.05) is 19.8 Å². The number of benzene rings is 3. The van der Waals surface area contributed by atoms with Crippen molar-refractivity contribution in [2.24, 2.45) is 0 Å². The summed E-state index contributed by atoms with van der Waals surface area (Å²) in [6.45, 7) is 6.16. The predicted molar refractivity (Wildman–Crippen MR) is 144 cm³/mol. The summed E-state index contributed by atoms with van der Waals surface area (Å²) in [5.41, 5.74) is -1.54. The lowest BCUT2D eigenvalue weighted by atomic mass is 10.1. The highest BCUT2D eigenvalue weighted by Gasteiger charge is 2.40. The number of carbonyl (C=O) groups is 1. The van der Waals surface area contributed by atoms with Crippen LogP contribution in [0.2, 0.25) is 5.02 Å². The zero-order valence-corrected chi connectivity index (χ0v) is 22.9. The van der Waals surface area contributed by atoms with E-state index in [1.165, 1.54) is 42.5 Å². The van der Waals surface area contributed by atoms with E-state index in [0.29, 0.717) is 12.4 Å². The molecule has 1 heterocycles. The summed E-state index contributed by atoms with van der Waals surface area (Å²) in [6.07, 6.45) is -5.09. The van der Waals surface area contributed by atoms with Crippen LogP contribution in [0.5, 0.6) is 34.5 Å². The molecule has 0 radical (unpaired) electrons. The molecule has 0 aliphatic heterocycles. The number of ether oxygens (including phenoxy) is 5. The Kier molecular flexibility index (Phi) is 8.97. The molecule has 0 bridgehead atoms. The number of esters is 1. The van der Waals surface area contributed by atoms with Crippen molar-refractivity contribution in [3.63, 3.8) is 0 Å². The molecule has 0 saturated carbocycles. The van der Waals surface area contributed by atoms with Crippen molar-refractivity contribution < 1.29 is 46.1 Å². The van der Waals surface area contributed by atoms with Crippen molar-refractivity contribution >= 4 is 28.5 Å². The average Bonchev–Trinajstić information content (AvgIpc) is 2.92. The summed E-state index contributed by atoms with van der Waals surface area (Å²) in [4.78, 5) is 26.1. The second-order valence-corrected chi connectivity index (χ2v) is 8.68. The molecule has 0 atom stereocenters. The molecular weight excluding hydrogens is 569 g/mol. The Morgan fingerprint density at radius 2 is 1.49 bits per heavy atom. The number of rotatable bonds is 10. The highest BCUT2D eigenvalue weighted by Crippen LogP contribution is 2.41. The van der Waals surface area contributed by atoms with E-state index in [1.54, 1.807) is 26.8 Å². The van der Waals surface area contributed by atoms with E-state index in [2.05, 4.69) is 0 Å². The van der Waals surface area contributed by atoms with Gasteiger partial charge in [0.2, 0.25) is 16.9 Å². The highest BCUT2D eigenvalue weighted by atomic mass is 35.5. The lowest BCUT2D eigenvalue weighted by molar-refractivity contribution is -0.154. The minimum absolute atomic E-state index is 0.00309. The van der Waals surface area contributed by atoms with E-state index in [9.17, 15) is 22.8 Å². The van der Waals surface area contributed by atoms with Crippen molar-refractivity contribution in [1.82, 2.24) is 0 Å². The molecule has 1 aromatic heterocycles. The monoisotopic (exact) mass is 592 g/mol. The molecule has 216 valence electrons. The van der Waals surface area contributed by atoms with Crippen LogP contribution in [0.4, 0.5) is 13.2 Å². The molecule has 4 rings (SSSR count). The molecule has 8 nitrogen and oxygen atoms in total. The largest absolute Gasteiger partial charge is 0.490 e. The second-order valence-electron chi connectivity index (χ2n) is 8.27. The molecule has 0 fully saturated rings. The third-order valence-electron chi connectivity index (χ3n) is 5.48. The Morgan fingerprint density at radius 1 is 0.854 bits per heavy atom. The lowest BCUT2D eigenvalue weighted by Crippen LogP contribution is -2.16. The number of fused-ring (bicyclic) bond motifs is 1. The Bertz CT molecular complexity index is 1600. The molecule has 0 saturated heterocycles. The summed E-state index contributed by atoms with van der Waals surface area (Å²) < 4.78 is 74.3. The van der Waals surface area contributed by atoms with Gasteiger partial charge in [-0.1, -0.05) is 23.7 Å². The summed E-state index contributed by atoms with van der Waals surface area (Å²) in [5.74, 6) is -3.15. The molecule has 41 heavy (non-hydrogen) atoms. The van der Waals surface area contributed by atoms with Crippen LogP contribution in [-0.2, 0) is 6.18 Å². The predicted octanol–water partition coefficient (Wildman–Crippen LogP) is 7.67. The highest BCUT2D eigenvalue weighted by molar-refractivity contribution is 6.32. The van der Waals surface area contributed by atoms with Gasteiger partial charge in [-0.25, -0.2) is 4.79 Å². The van der Waals surface area contributed by atoms with Gasteiger partial charge in [0, 0.05) is 6.07 Å². The van der Waals surface area contributed by atoms with Crippen LogP contribution in [0.25, 0.3) is 11.0 Å². The van der Waals surface area contributed by atoms with Crippen LogP contribution in [0.1, 0.15) is 36.9 Å². The van der Waals surface area contributed by atoms with Crippen LogP contribution in [0.15, 0.2) is 63.8 Å². The number of hydrogen-bond acceptors (Lipinski definition) is 8. The summed E-state index contributed by atoms with van der Waals surface area (Å²) in [5, 5.41) is -0.241. The van der Waals surface area contributed by atoms with Gasteiger partial charge in [-0.05, 0) is 57.2 Å². The van der Waals surface area contributed by atoms with Gasteiger partial charge >= 0.3 is 12.1 Å². The average molecular weight is 593 g/mol. The third-order valence-corrected chi connectivity index (χ3v) is 5.80. The smallest absolute Gasteiger partial charge is 0.453 e. The van der Waals surface area contributed by atoms with Crippen molar-refractivity contribution in [1.29, 1.82) is 0 Å². The fourth-order valence-corrected chi connectivity index (χ4v) is 3.98. The Morgan fingerprint density at radius 3 is 2.07 bits per heavy atom. The first-order valence-corrected chi connectivity index (χ1v) is 12.8. The maximum Gasteiger partial charge on any atom is 0.453 e. The fourth-order valence-electron chi connectivity index (χ4n) is 3.81. The maximum absolute atomic E-state index is 13.9. The Balaban J connectivity index is 1.73. The van der Waals surface area contributed by atoms with Crippen molar-refractivity contribution in [3.05, 3.63) is 81.2 Å². The normalized spacial score (nSPS) is 11.3. The van der Waals surface area contributed by atoms with Gasteiger partial charge in [-0.3, -0.25) is 4.79 Å². The van der Waals surface area contributed by atoms with Gasteiger partial charge in [0.25, 0.3) is 5.76 Å². The molecule has 0 unspecified atom stereocenters. The number of carbonyl (C=O) groups excluding carboxylic acids is 1. The number of para-hydroxylation sites is 1. The SMILES string of the molecule is CCOc1cc(C(=O)Oc2ccc3c(=O)c(Oc4ccccc4Cl)c(C(F)(F)F)oc3c2)cc(OCC)c1OCC. The van der Waals surface area contributed by atoms with Crippen LogP contribution >= 0.6 is 11.6 Å². The van der Waals surface area contributed by atoms with Crippen LogP contribution in [0.3, 0.4) is 0 Å². The van der Waals surface area contributed by atoms with E-state index in [1.807, 2.05) is 0 Å². The van der Waals surface area contributed by atoms with Gasteiger partial charge in [-0.2, -0.15) is 13.2 Å². The molecule has 0 spiro atoms. The minimum atomic E-state index is -5.09. The molecule has 0 N–H and O–H groups in total. The van der Waals surface area contributed by atoms with E-state index in [4.69, 9.17) is 39.7 Å². The van der Waals surface area contributed by atoms with Gasteiger partial charge in [0.05, 0.1) is 35.8 Å². The zero-order chi connectivity index (χ0) is 29.7. The lowest BCUT2D eigenvalue weighted by Gasteiger charge is -2.17. The zero-order valence-electron chi connectivity index (χ0n) is 22.1. The van der Waals surface area contributed by atoms with Crippen LogP contribution < -0.4 is 29.1 Å². The molecule has 4 aromatic rings. The Hall–Kier alpha value is -4.38. The molecule has 3 aromatic carbocycles. The molecule has 0 amide bonds. The van der Waals surface area contributed by atoms with E-state index in [-0.39, 0.29) is 52.2 Å². The van der Waals surface area contributed by atoms with E-state index < -0.39 is 34.7 Å². The maximum atomic E-state index is 13.9. The van der Waals surface area contributed by atoms with Crippen molar-refractivity contribution in [2.45, 2.75) is 26.9 Å². The molecule has 0 aliphatic carbocycles. The quantitative estimate of drug-likeness (QED) is 0.137. The van der Waals surface area contributed by atoms with Crippen molar-refractivity contribution in [3.8, 4) is 34.5 Å². The molecular formula is C29H24ClF3O8. The van der Waals surface area contributed by atoms with Gasteiger partial charge in [0.15, 0.2) is 11.5 Å². The van der Waals surface area contributed by atoms with E-state index in [0.717, 1.165) is 6.07 Å². The van der Waals surface area contributed by atoms with Gasteiger partial charge in [0.1, 0.15) is 17.1 Å². The van der Waals surface area contributed by atoms with Crippen LogP contribution in [0, 0.1) is 0 Å². The molecule has 0 aliphatic rings. The number of halogens is 4. The summed E-state index contributed by atoms with van der Waals surface area (Å²) in [6, 6.07) is 12.0. The molecule has 12 heteroatoms. The van der Waals surface area contributed by atoms with Gasteiger partial charge in [-0.15, -0.1) is 0 Å². The number of alkyl halides is 3. The van der Waals surface area contributed by atoms with Gasteiger partial charge < -0.3 is 28.1 Å². The first-order chi connectivity index (χ1) is 19.6. The standard InChI is InChI=1S/C29H24ClF3O8/c1-4-36-22-13-16(14-23(37-5-2)25(22)38-6-3)28(35)39-17-11-12-18-21(15-17)41-27(29(31,32)33)26(24(18)34)40-20-10-8-7-9-19(20)30/h7-15H,4-6H2,1-3H3. The first kappa shape index (κ1) is 29.6. The number of hydrogen-bond donors (Lipinski definition) is 0.